The highest BCUT2D eigenvalue weighted by atomic mass is 79.9. The predicted molar refractivity (Wildman–Crippen MR) is 137 cm³/mol. The van der Waals surface area contributed by atoms with Gasteiger partial charge in [0.25, 0.3) is 5.91 Å². The molecule has 5 rings (SSSR count). The number of rotatable bonds is 5. The van der Waals surface area contributed by atoms with E-state index in [0.717, 1.165) is 9.17 Å². The molecule has 0 saturated carbocycles. The Labute approximate surface area is 206 Å². The van der Waals surface area contributed by atoms with Gasteiger partial charge < -0.3 is 9.15 Å². The molecule has 168 valence electrons. The van der Waals surface area contributed by atoms with Crippen molar-refractivity contribution in [3.05, 3.63) is 98.8 Å². The van der Waals surface area contributed by atoms with E-state index in [9.17, 15) is 9.59 Å². The molecule has 0 unspecified atom stereocenters. The second kappa shape index (κ2) is 9.20. The number of fused-ring (bicyclic) bond motifs is 2. The van der Waals surface area contributed by atoms with Crippen LogP contribution in [0.1, 0.15) is 15.9 Å². The van der Waals surface area contributed by atoms with Crippen LogP contribution in [0, 0.1) is 0 Å². The van der Waals surface area contributed by atoms with Gasteiger partial charge in [-0.15, -0.1) is 0 Å². The molecule has 5 aromatic rings. The minimum atomic E-state index is -0.395. The minimum Gasteiger partial charge on any atom is -0.497 e. The average molecular weight is 534 g/mol. The molecule has 0 aliphatic carbocycles. The Hall–Kier alpha value is -3.82. The topological polar surface area (TPSA) is 85.0 Å². The minimum absolute atomic E-state index is 0.216. The summed E-state index contributed by atoms with van der Waals surface area (Å²) in [5.74, 6) is 0.290. The number of halogens is 1. The molecule has 0 saturated heterocycles. The van der Waals surface area contributed by atoms with Crippen LogP contribution in [0.3, 0.4) is 0 Å². The Morgan fingerprint density at radius 1 is 1.15 bits per heavy atom. The van der Waals surface area contributed by atoms with E-state index in [2.05, 4.69) is 26.0 Å². The number of carbonyl (C=O) groups excluding carboxylic acids is 1. The molecule has 1 amide bonds. The van der Waals surface area contributed by atoms with E-state index in [0.29, 0.717) is 32.9 Å². The molecule has 0 bridgehead atoms. The van der Waals surface area contributed by atoms with Gasteiger partial charge in [0, 0.05) is 10.0 Å². The van der Waals surface area contributed by atoms with Crippen molar-refractivity contribution in [2.75, 3.05) is 12.1 Å². The molecule has 34 heavy (non-hydrogen) atoms. The summed E-state index contributed by atoms with van der Waals surface area (Å²) in [6, 6.07) is 19.4. The molecule has 0 radical (unpaired) electrons. The van der Waals surface area contributed by atoms with Gasteiger partial charge in [-0.25, -0.2) is 4.98 Å². The van der Waals surface area contributed by atoms with E-state index in [-0.39, 0.29) is 11.0 Å². The number of aromatic nitrogens is 1. The number of carbonyl (C=O) groups is 1. The van der Waals surface area contributed by atoms with Gasteiger partial charge in [0.15, 0.2) is 0 Å². The zero-order chi connectivity index (χ0) is 23.7. The average Bonchev–Trinajstić information content (AvgIpc) is 3.28. The highest BCUT2D eigenvalue weighted by molar-refractivity contribution is 9.10. The summed E-state index contributed by atoms with van der Waals surface area (Å²) < 4.78 is 12.5. The van der Waals surface area contributed by atoms with Crippen molar-refractivity contribution in [2.24, 2.45) is 5.10 Å². The summed E-state index contributed by atoms with van der Waals surface area (Å²) >= 11 is 4.69. The third-order valence-corrected chi connectivity index (χ3v) is 6.54. The Morgan fingerprint density at radius 2 is 2.00 bits per heavy atom. The molecule has 0 atom stereocenters. The Morgan fingerprint density at radius 3 is 2.82 bits per heavy atom. The fourth-order valence-corrected chi connectivity index (χ4v) is 4.69. The standard InChI is InChI=1S/C25H16BrN3O4S/c1-32-18-9-10-20-22(12-18)34-25(28-20)29(24(31)15-5-4-6-17(26)11-15)27-13-16-14-33-21-8-3-2-7-19(21)23(16)30/h2-14H,1H3/b27-13+. The fourth-order valence-electron chi connectivity index (χ4n) is 3.34. The highest BCUT2D eigenvalue weighted by Gasteiger charge is 2.22. The molecule has 0 aliphatic heterocycles. The van der Waals surface area contributed by atoms with Gasteiger partial charge in [0.2, 0.25) is 10.6 Å². The zero-order valence-electron chi connectivity index (χ0n) is 17.8. The number of hydrazone groups is 1. The first-order valence-corrected chi connectivity index (χ1v) is 11.7. The number of amides is 1. The van der Waals surface area contributed by atoms with Crippen LogP contribution in [0.25, 0.3) is 21.2 Å². The van der Waals surface area contributed by atoms with Crippen molar-refractivity contribution >= 4 is 65.7 Å². The lowest BCUT2D eigenvalue weighted by Gasteiger charge is -2.14. The van der Waals surface area contributed by atoms with E-state index < -0.39 is 5.91 Å². The Balaban J connectivity index is 1.60. The number of hydrogen-bond acceptors (Lipinski definition) is 7. The van der Waals surface area contributed by atoms with Crippen LogP contribution >= 0.6 is 27.3 Å². The van der Waals surface area contributed by atoms with Crippen LogP contribution in [-0.4, -0.2) is 24.2 Å². The lowest BCUT2D eigenvalue weighted by atomic mass is 10.2. The third kappa shape index (κ3) is 4.23. The van der Waals surface area contributed by atoms with Gasteiger partial charge >= 0.3 is 0 Å². The van der Waals surface area contributed by atoms with Crippen LogP contribution < -0.4 is 15.2 Å². The zero-order valence-corrected chi connectivity index (χ0v) is 20.2. The van der Waals surface area contributed by atoms with Gasteiger partial charge in [0.1, 0.15) is 17.6 Å². The molecular weight excluding hydrogens is 518 g/mol. The van der Waals surface area contributed by atoms with Gasteiger partial charge in [-0.2, -0.15) is 10.1 Å². The van der Waals surface area contributed by atoms with Crippen molar-refractivity contribution < 1.29 is 13.9 Å². The van der Waals surface area contributed by atoms with E-state index >= 15 is 0 Å². The van der Waals surface area contributed by atoms with Gasteiger partial charge in [-0.3, -0.25) is 9.59 Å². The number of para-hydroxylation sites is 1. The molecule has 9 heteroatoms. The molecular formula is C25H16BrN3O4S. The second-order valence-corrected chi connectivity index (χ2v) is 9.14. The maximum absolute atomic E-state index is 13.4. The third-order valence-electron chi connectivity index (χ3n) is 5.05. The molecule has 0 aliphatic rings. The van der Waals surface area contributed by atoms with Crippen LogP contribution in [0.4, 0.5) is 5.13 Å². The summed E-state index contributed by atoms with van der Waals surface area (Å²) in [5.41, 5.74) is 1.57. The largest absolute Gasteiger partial charge is 0.497 e. The van der Waals surface area contributed by atoms with Gasteiger partial charge in [-0.05, 0) is 48.5 Å². The summed E-state index contributed by atoms with van der Waals surface area (Å²) in [6.45, 7) is 0. The summed E-state index contributed by atoms with van der Waals surface area (Å²) in [4.78, 5) is 30.9. The number of benzene rings is 3. The predicted octanol–water partition coefficient (Wildman–Crippen LogP) is 5.85. The summed E-state index contributed by atoms with van der Waals surface area (Å²) in [5, 5.41) is 6.35. The first-order chi connectivity index (χ1) is 16.5. The lowest BCUT2D eigenvalue weighted by Crippen LogP contribution is -2.26. The fraction of sp³-hybridized carbons (Fsp3) is 0.0400. The molecule has 0 N–H and O–H groups in total. The molecule has 7 nitrogen and oxygen atoms in total. The molecule has 2 aromatic heterocycles. The number of hydrogen-bond donors (Lipinski definition) is 0. The summed E-state index contributed by atoms with van der Waals surface area (Å²) in [7, 11) is 1.59. The number of thiazole rings is 1. The Bertz CT molecular complexity index is 1630. The maximum atomic E-state index is 13.4. The number of ether oxygens (including phenoxy) is 1. The number of anilines is 1. The highest BCUT2D eigenvalue weighted by Crippen LogP contribution is 2.32. The van der Waals surface area contributed by atoms with Crippen molar-refractivity contribution in [2.45, 2.75) is 0 Å². The van der Waals surface area contributed by atoms with Crippen molar-refractivity contribution in [3.63, 3.8) is 0 Å². The van der Waals surface area contributed by atoms with Crippen LogP contribution in [-0.2, 0) is 0 Å². The first-order valence-electron chi connectivity index (χ1n) is 10.1. The SMILES string of the molecule is COc1ccc2nc(N(/N=C/c3coc4ccccc4c3=O)C(=O)c3cccc(Br)c3)sc2c1. The second-order valence-electron chi connectivity index (χ2n) is 7.22. The van der Waals surface area contributed by atoms with Crippen molar-refractivity contribution in [1.29, 1.82) is 0 Å². The maximum Gasteiger partial charge on any atom is 0.280 e. The monoisotopic (exact) mass is 533 g/mol. The summed E-state index contributed by atoms with van der Waals surface area (Å²) in [6.07, 6.45) is 2.65. The molecule has 0 spiro atoms. The van der Waals surface area contributed by atoms with Crippen LogP contribution in [0.2, 0.25) is 0 Å². The van der Waals surface area contributed by atoms with Crippen LogP contribution in [0.5, 0.6) is 5.75 Å². The molecule has 0 fully saturated rings. The van der Waals surface area contributed by atoms with E-state index in [4.69, 9.17) is 9.15 Å². The van der Waals surface area contributed by atoms with Gasteiger partial charge in [-0.1, -0.05) is 45.5 Å². The lowest BCUT2D eigenvalue weighted by molar-refractivity contribution is 0.0987. The molecule has 2 heterocycles. The van der Waals surface area contributed by atoms with E-state index in [1.165, 1.54) is 28.8 Å². The quantitative estimate of drug-likeness (QED) is 0.209. The number of nitrogens with zero attached hydrogens (tertiary/aromatic N) is 3. The van der Waals surface area contributed by atoms with Crippen LogP contribution in [0.15, 0.2) is 91.8 Å². The van der Waals surface area contributed by atoms with Gasteiger partial charge in [0.05, 0.1) is 34.5 Å². The van der Waals surface area contributed by atoms with Crippen molar-refractivity contribution in [3.8, 4) is 5.75 Å². The van der Waals surface area contributed by atoms with E-state index in [1.807, 2.05) is 18.2 Å². The Kier molecular flexibility index (Phi) is 5.95. The number of methoxy groups -OCH3 is 1. The first kappa shape index (κ1) is 22.0. The smallest absolute Gasteiger partial charge is 0.280 e. The molecule has 3 aromatic carbocycles. The normalized spacial score (nSPS) is 11.4. The van der Waals surface area contributed by atoms with E-state index in [1.54, 1.807) is 55.6 Å². The van der Waals surface area contributed by atoms with Crippen molar-refractivity contribution in [1.82, 2.24) is 4.98 Å².